The molecule has 0 aliphatic carbocycles. The number of hydrogen-bond acceptors (Lipinski definition) is 5. The molecule has 2 heterocycles. The zero-order chi connectivity index (χ0) is 13.9. The molecule has 3 aromatic rings. The molecule has 20 heavy (non-hydrogen) atoms. The number of anilines is 1. The lowest BCUT2D eigenvalue weighted by Crippen LogP contribution is -2.23. The van der Waals surface area contributed by atoms with Gasteiger partial charge < -0.3 is 5.43 Å². The van der Waals surface area contributed by atoms with Crippen molar-refractivity contribution in [3.63, 3.8) is 0 Å². The predicted molar refractivity (Wildman–Crippen MR) is 77.2 cm³/mol. The van der Waals surface area contributed by atoms with Crippen LogP contribution in [0.1, 0.15) is 5.56 Å². The summed E-state index contributed by atoms with van der Waals surface area (Å²) in [6.45, 7) is 0.365. The molecule has 0 radical (unpaired) electrons. The van der Waals surface area contributed by atoms with E-state index in [0.29, 0.717) is 12.4 Å². The van der Waals surface area contributed by atoms with Crippen LogP contribution in [-0.4, -0.2) is 14.5 Å². The molecular weight excluding hydrogens is 254 g/mol. The summed E-state index contributed by atoms with van der Waals surface area (Å²) in [5.41, 5.74) is 3.96. The van der Waals surface area contributed by atoms with E-state index in [0.717, 1.165) is 16.5 Å². The van der Waals surface area contributed by atoms with E-state index >= 15 is 0 Å². The third-order valence-electron chi connectivity index (χ3n) is 3.06. The summed E-state index contributed by atoms with van der Waals surface area (Å²) in [5, 5.41) is 0.999. The number of pyridine rings is 1. The summed E-state index contributed by atoms with van der Waals surface area (Å²) in [5.74, 6) is 6.07. The highest BCUT2D eigenvalue weighted by atomic mass is 16.1. The third kappa shape index (κ3) is 2.24. The number of benzene rings is 1. The molecule has 3 N–H and O–H groups in total. The second-order valence-electron chi connectivity index (χ2n) is 4.36. The van der Waals surface area contributed by atoms with Crippen molar-refractivity contribution in [3.8, 4) is 0 Å². The summed E-state index contributed by atoms with van der Waals surface area (Å²) < 4.78 is 1.51. The third-order valence-corrected chi connectivity index (χ3v) is 3.06. The van der Waals surface area contributed by atoms with Crippen LogP contribution in [0.2, 0.25) is 0 Å². The molecule has 1 aromatic carbocycles. The Labute approximate surface area is 114 Å². The molecule has 0 atom stereocenters. The minimum Gasteiger partial charge on any atom is -0.308 e. The molecule has 0 unspecified atom stereocenters. The van der Waals surface area contributed by atoms with Crippen LogP contribution < -0.4 is 17.0 Å². The number of rotatable bonds is 3. The van der Waals surface area contributed by atoms with Crippen LogP contribution in [0.25, 0.3) is 10.9 Å². The van der Waals surface area contributed by atoms with Crippen LogP contribution >= 0.6 is 0 Å². The topological polar surface area (TPSA) is 85.8 Å². The van der Waals surface area contributed by atoms with Gasteiger partial charge in [0.2, 0.25) is 0 Å². The lowest BCUT2D eigenvalue weighted by Gasteiger charge is -2.11. The average molecular weight is 267 g/mol. The molecule has 100 valence electrons. The number of aromatic nitrogens is 3. The molecular formula is C14H13N5O. The number of nitrogen functional groups attached to an aromatic ring is 1. The summed E-state index contributed by atoms with van der Waals surface area (Å²) in [6, 6.07) is 11.4. The van der Waals surface area contributed by atoms with Gasteiger partial charge in [-0.2, -0.15) is 0 Å². The molecule has 3 rings (SSSR count). The van der Waals surface area contributed by atoms with E-state index in [2.05, 4.69) is 15.4 Å². The SMILES string of the molecule is NNc1nc2ccccc2cc1Cn1cccnc1=O. The van der Waals surface area contributed by atoms with Gasteiger partial charge >= 0.3 is 5.69 Å². The van der Waals surface area contributed by atoms with Crippen molar-refractivity contribution < 1.29 is 0 Å². The van der Waals surface area contributed by atoms with Crippen LogP contribution in [-0.2, 0) is 6.54 Å². The number of fused-ring (bicyclic) bond motifs is 1. The minimum atomic E-state index is -0.302. The Balaban J connectivity index is 2.10. The molecule has 0 aliphatic rings. The van der Waals surface area contributed by atoms with E-state index in [-0.39, 0.29) is 5.69 Å². The van der Waals surface area contributed by atoms with Gasteiger partial charge in [0, 0.05) is 23.3 Å². The molecule has 2 aromatic heterocycles. The smallest absolute Gasteiger partial charge is 0.308 e. The van der Waals surface area contributed by atoms with Crippen molar-refractivity contribution in [1.82, 2.24) is 14.5 Å². The van der Waals surface area contributed by atoms with E-state index in [4.69, 9.17) is 5.84 Å². The Morgan fingerprint density at radius 3 is 2.90 bits per heavy atom. The van der Waals surface area contributed by atoms with Crippen molar-refractivity contribution in [2.75, 3.05) is 5.43 Å². The van der Waals surface area contributed by atoms with Crippen LogP contribution in [0.4, 0.5) is 5.82 Å². The first-order chi connectivity index (χ1) is 9.78. The molecule has 0 aliphatic heterocycles. The number of nitrogens with one attached hydrogen (secondary N) is 1. The Bertz CT molecular complexity index is 812. The fraction of sp³-hybridized carbons (Fsp3) is 0.0714. The fourth-order valence-electron chi connectivity index (χ4n) is 2.10. The Morgan fingerprint density at radius 2 is 2.10 bits per heavy atom. The maximum atomic E-state index is 11.7. The largest absolute Gasteiger partial charge is 0.347 e. The molecule has 6 heteroatoms. The number of nitrogens with zero attached hydrogens (tertiary/aromatic N) is 3. The fourth-order valence-corrected chi connectivity index (χ4v) is 2.10. The minimum absolute atomic E-state index is 0.302. The second kappa shape index (κ2) is 5.10. The number of hydrazine groups is 1. The summed E-state index contributed by atoms with van der Waals surface area (Å²) in [4.78, 5) is 19.8. The van der Waals surface area contributed by atoms with Gasteiger partial charge in [-0.1, -0.05) is 18.2 Å². The summed E-state index contributed by atoms with van der Waals surface area (Å²) >= 11 is 0. The van der Waals surface area contributed by atoms with Crippen LogP contribution in [0.5, 0.6) is 0 Å². The molecule has 0 saturated heterocycles. The number of nitrogens with two attached hydrogens (primary N) is 1. The Morgan fingerprint density at radius 1 is 1.25 bits per heavy atom. The van der Waals surface area contributed by atoms with Crippen LogP contribution in [0.3, 0.4) is 0 Å². The van der Waals surface area contributed by atoms with Gasteiger partial charge in [-0.25, -0.2) is 20.6 Å². The van der Waals surface area contributed by atoms with E-state index in [1.54, 1.807) is 12.3 Å². The Kier molecular flexibility index (Phi) is 3.14. The number of hydrogen-bond donors (Lipinski definition) is 2. The molecule has 6 nitrogen and oxygen atoms in total. The van der Waals surface area contributed by atoms with Gasteiger partial charge in [-0.15, -0.1) is 0 Å². The van der Waals surface area contributed by atoms with Gasteiger partial charge in [-0.05, 0) is 18.2 Å². The molecule has 0 spiro atoms. The second-order valence-corrected chi connectivity index (χ2v) is 4.36. The van der Waals surface area contributed by atoms with Gasteiger partial charge in [0.15, 0.2) is 0 Å². The number of para-hydroxylation sites is 1. The van der Waals surface area contributed by atoms with Crippen LogP contribution in [0, 0.1) is 0 Å². The van der Waals surface area contributed by atoms with Crippen molar-refractivity contribution in [2.24, 2.45) is 5.84 Å². The molecule has 0 bridgehead atoms. The lowest BCUT2D eigenvalue weighted by atomic mass is 10.1. The van der Waals surface area contributed by atoms with Crippen molar-refractivity contribution in [3.05, 3.63) is 64.8 Å². The monoisotopic (exact) mass is 267 g/mol. The highest BCUT2D eigenvalue weighted by Gasteiger charge is 2.07. The molecule has 0 saturated carbocycles. The Hall–Kier alpha value is -2.73. The van der Waals surface area contributed by atoms with E-state index in [9.17, 15) is 4.79 Å². The average Bonchev–Trinajstić information content (AvgIpc) is 2.49. The zero-order valence-electron chi connectivity index (χ0n) is 10.7. The lowest BCUT2D eigenvalue weighted by molar-refractivity contribution is 0.726. The standard InChI is InChI=1S/C14H13N5O/c15-18-13-11(9-19-7-3-6-16-14(19)20)8-10-4-1-2-5-12(10)17-13/h1-8H,9,15H2,(H,17,18). The van der Waals surface area contributed by atoms with Gasteiger partial charge in [0.1, 0.15) is 5.82 Å². The van der Waals surface area contributed by atoms with E-state index in [1.165, 1.54) is 10.8 Å². The summed E-state index contributed by atoms with van der Waals surface area (Å²) in [6.07, 6.45) is 3.16. The van der Waals surface area contributed by atoms with Crippen molar-refractivity contribution in [1.29, 1.82) is 0 Å². The quantitative estimate of drug-likeness (QED) is 0.548. The first-order valence-corrected chi connectivity index (χ1v) is 6.14. The van der Waals surface area contributed by atoms with Crippen molar-refractivity contribution in [2.45, 2.75) is 6.54 Å². The van der Waals surface area contributed by atoms with Gasteiger partial charge in [0.25, 0.3) is 0 Å². The highest BCUT2D eigenvalue weighted by molar-refractivity contribution is 5.81. The predicted octanol–water partition coefficient (Wildman–Crippen LogP) is 1.13. The molecule has 0 fully saturated rings. The molecule has 0 amide bonds. The highest BCUT2D eigenvalue weighted by Crippen LogP contribution is 2.20. The first kappa shape index (κ1) is 12.3. The van der Waals surface area contributed by atoms with Crippen molar-refractivity contribution >= 4 is 16.7 Å². The van der Waals surface area contributed by atoms with E-state index < -0.39 is 0 Å². The van der Waals surface area contributed by atoms with Gasteiger partial charge in [-0.3, -0.25) is 4.57 Å². The van der Waals surface area contributed by atoms with Crippen LogP contribution in [0.15, 0.2) is 53.6 Å². The normalized spacial score (nSPS) is 10.7. The maximum Gasteiger partial charge on any atom is 0.347 e. The first-order valence-electron chi connectivity index (χ1n) is 6.14. The zero-order valence-corrected chi connectivity index (χ0v) is 10.7. The van der Waals surface area contributed by atoms with E-state index in [1.807, 2.05) is 30.3 Å². The van der Waals surface area contributed by atoms with Gasteiger partial charge in [0.05, 0.1) is 12.1 Å². The maximum absolute atomic E-state index is 11.7. The summed E-state index contributed by atoms with van der Waals surface area (Å²) in [7, 11) is 0.